The minimum atomic E-state index is -3.87. The molecule has 20 nitrogen and oxygen atoms in total. The lowest BCUT2D eigenvalue weighted by atomic mass is 9.79. The van der Waals surface area contributed by atoms with E-state index in [-0.39, 0.29) is 99.5 Å². The van der Waals surface area contributed by atoms with Crippen molar-refractivity contribution < 1.29 is 143 Å². The molecule has 5 fully saturated rings. The number of methoxy groups -OCH3 is 10. The normalized spacial score (nSPS) is 45.8. The summed E-state index contributed by atoms with van der Waals surface area (Å²) in [7, 11) is 0.668. The molecule has 0 amide bonds. The summed E-state index contributed by atoms with van der Waals surface area (Å²) in [6.45, 7) is -9.68. The molecule has 0 aromatic heterocycles. The SMILES string of the molecule is [2H]C([2H])([2H])C([2H])(C)C([2H])([2H])C1([2H])CN2C(c3cc(OC)c(OC)cc3C([2H])([2H])C2([2H])[2H])C([2H])([2H])C1([2H])O.[2H]C([2H])([2H])Oc1cc2c(cc1OC)C([2H])([2H])C([2H])([2H])N1CC([2H])(C([2H])([2H])C([2H])(C)C([2H])([2H])[2H])C([2H])(O)C([2H])([2H])C21.[2H]C([2H])([2H])Oc1cc2c(cc1OC)C([2H])([2H])C([2H])([2H])N1CC([2H])(CC(C)C)C([2H])(O)C([2H])([2H])C21.[2H]C([2H])([2H])Oc1cc2c(cc1OC)CCN1C2([2H])CC(O)C(CC(C)C)C1([2H])[2H].[2H]C12CC(O)C(CC(C)C)C([2H])([2H])N1CCc1cc(OC)c(OC)cc12. The van der Waals surface area contributed by atoms with E-state index in [0.717, 1.165) is 59.5 Å². The molecule has 17 unspecified atom stereocenters. The molecule has 5 aromatic rings. The molecule has 0 bridgehead atoms. The lowest BCUT2D eigenvalue weighted by Crippen LogP contribution is -2.48. The van der Waals surface area contributed by atoms with Crippen LogP contribution in [0, 0.1) is 59.1 Å². The summed E-state index contributed by atoms with van der Waals surface area (Å²) < 4.78 is 476. The van der Waals surface area contributed by atoms with E-state index < -0.39 is 257 Å². The maximum absolute atomic E-state index is 11.3. The van der Waals surface area contributed by atoms with Gasteiger partial charge in [0.25, 0.3) is 0 Å². The Balaban J connectivity index is 0.000000196. The predicted octanol–water partition coefficient (Wildman–Crippen LogP) is 15.1. The Morgan fingerprint density at radius 1 is 0.391 bits per heavy atom. The van der Waals surface area contributed by atoms with Gasteiger partial charge in [-0.2, -0.15) is 0 Å². The van der Waals surface area contributed by atoms with E-state index in [4.69, 9.17) is 117 Å². The highest BCUT2D eigenvalue weighted by Gasteiger charge is 2.45. The van der Waals surface area contributed by atoms with Crippen molar-refractivity contribution in [3.05, 3.63) is 116 Å². The molecule has 0 aliphatic carbocycles. The monoisotopic (exact) mass is 1650 g/mol. The highest BCUT2D eigenvalue weighted by molar-refractivity contribution is 5.54. The second-order valence-corrected chi connectivity index (χ2v) is 30.2. The fraction of sp³-hybridized carbons (Fsp3) is 0.684. The summed E-state index contributed by atoms with van der Waals surface area (Å²) in [5.41, 5.74) is 0.726. The van der Waals surface area contributed by atoms with Crippen molar-refractivity contribution in [2.24, 2.45) is 59.1 Å². The molecule has 5 saturated heterocycles. The zero-order valence-electron chi connectivity index (χ0n) is 119. The Morgan fingerprint density at radius 2 is 0.678 bits per heavy atom. The van der Waals surface area contributed by atoms with Gasteiger partial charge >= 0.3 is 0 Å². The van der Waals surface area contributed by atoms with E-state index in [1.165, 1.54) is 39.4 Å². The molecule has 0 radical (unpaired) electrons. The number of aliphatic hydroxyl groups excluding tert-OH is 2. The summed E-state index contributed by atoms with van der Waals surface area (Å²) >= 11 is 0. The molecule has 115 heavy (non-hydrogen) atoms. The first kappa shape index (κ1) is 43.8. The van der Waals surface area contributed by atoms with Crippen LogP contribution in [0.5, 0.6) is 57.5 Å². The Kier molecular flexibility index (Phi) is 15.5. The van der Waals surface area contributed by atoms with Crippen LogP contribution in [0.15, 0.2) is 60.7 Å². The van der Waals surface area contributed by atoms with Crippen molar-refractivity contribution in [2.75, 3.05) is 136 Å². The molecule has 5 N–H and O–H groups in total. The van der Waals surface area contributed by atoms with Crippen molar-refractivity contribution in [2.45, 2.75) is 226 Å². The second-order valence-electron chi connectivity index (χ2n) is 30.2. The van der Waals surface area contributed by atoms with E-state index in [1.807, 2.05) is 33.8 Å². The lowest BCUT2D eigenvalue weighted by molar-refractivity contribution is -0.0192. The first-order valence-electron chi connectivity index (χ1n) is 63.5. The van der Waals surface area contributed by atoms with Gasteiger partial charge in [-0.3, -0.25) is 24.5 Å². The number of hydrogen-bond acceptors (Lipinski definition) is 20. The number of aliphatic hydroxyl groups is 5. The number of ether oxygens (including phenoxy) is 10. The Hall–Kier alpha value is -6.30. The third-order valence-corrected chi connectivity index (χ3v) is 20.8. The number of aryl methyl sites for hydroxylation is 3. The lowest BCUT2D eigenvalue weighted by Gasteiger charge is -2.46. The summed E-state index contributed by atoms with van der Waals surface area (Å²) in [6.07, 6.45) is -36.2. The number of fused-ring (bicyclic) bond motifs is 15. The predicted molar refractivity (Wildman–Crippen MR) is 456 cm³/mol. The fourth-order valence-corrected chi connectivity index (χ4v) is 15.4. The van der Waals surface area contributed by atoms with Crippen LogP contribution in [-0.2, 0) is 32.0 Å². The maximum Gasteiger partial charge on any atom is 0.161 e. The van der Waals surface area contributed by atoms with Crippen LogP contribution in [0.4, 0.5) is 0 Å². The maximum atomic E-state index is 11.3. The van der Waals surface area contributed by atoms with Crippen LogP contribution in [0.2, 0.25) is 0 Å². The number of nitrogens with zero attached hydrogens (tertiary/aromatic N) is 5. The molecule has 0 spiro atoms. The van der Waals surface area contributed by atoms with Crippen LogP contribution in [0.3, 0.4) is 0 Å². The first-order valence-corrected chi connectivity index (χ1v) is 38.0. The topological polar surface area (TPSA) is 210 Å². The van der Waals surface area contributed by atoms with E-state index in [9.17, 15) is 25.5 Å². The van der Waals surface area contributed by atoms with Crippen LogP contribution in [0.1, 0.15) is 289 Å². The van der Waals surface area contributed by atoms with Crippen molar-refractivity contribution in [3.8, 4) is 57.5 Å². The van der Waals surface area contributed by atoms with Crippen LogP contribution < -0.4 is 47.4 Å². The highest BCUT2D eigenvalue weighted by Crippen LogP contribution is 2.50. The van der Waals surface area contributed by atoms with Gasteiger partial charge in [-0.1, -0.05) is 69.1 Å². The highest BCUT2D eigenvalue weighted by atomic mass is 16.5. The molecule has 0 saturated carbocycles. The van der Waals surface area contributed by atoms with Gasteiger partial charge in [0.15, 0.2) is 57.5 Å². The zero-order valence-corrected chi connectivity index (χ0v) is 67.6. The third-order valence-electron chi connectivity index (χ3n) is 20.8. The minimum absolute atomic E-state index is 0.000650. The Labute approximate surface area is 761 Å². The minimum Gasteiger partial charge on any atom is -0.493 e. The van der Waals surface area contributed by atoms with Crippen LogP contribution in [0.25, 0.3) is 0 Å². The van der Waals surface area contributed by atoms with Crippen molar-refractivity contribution >= 4 is 0 Å². The summed E-state index contributed by atoms with van der Waals surface area (Å²) in [5, 5.41) is 55.3. The fourth-order valence-electron chi connectivity index (χ4n) is 15.4. The van der Waals surface area contributed by atoms with E-state index in [2.05, 4.69) is 0 Å². The van der Waals surface area contributed by atoms with Crippen LogP contribution in [-0.4, -0.2) is 217 Å². The molecule has 10 aliphatic heterocycles. The van der Waals surface area contributed by atoms with Crippen molar-refractivity contribution in [1.29, 1.82) is 0 Å². The van der Waals surface area contributed by atoms with E-state index >= 15 is 0 Å². The summed E-state index contributed by atoms with van der Waals surface area (Å²) in [4.78, 5) is 4.83. The molecule has 640 valence electrons. The molecule has 20 heteroatoms. The second kappa shape index (κ2) is 40.6. The summed E-state index contributed by atoms with van der Waals surface area (Å²) in [6, 6.07) is 4.25. The molecule has 17 atom stereocenters. The van der Waals surface area contributed by atoms with Gasteiger partial charge < -0.3 is 72.9 Å². The van der Waals surface area contributed by atoms with Gasteiger partial charge in [-0.05, 0) is 271 Å². The third kappa shape index (κ3) is 21.1. The average Bonchev–Trinajstić information content (AvgIpc) is 0.660. The van der Waals surface area contributed by atoms with Gasteiger partial charge in [0.05, 0.1) is 121 Å². The van der Waals surface area contributed by atoms with E-state index in [1.54, 1.807) is 45.1 Å². The molecule has 15 rings (SSSR count). The largest absolute Gasteiger partial charge is 0.493 e. The Bertz CT molecular complexity index is 6400. The quantitative estimate of drug-likeness (QED) is 0.0491. The number of piperidine rings is 5. The van der Waals surface area contributed by atoms with Crippen LogP contribution >= 0.6 is 0 Å². The number of benzene rings is 5. The Morgan fingerprint density at radius 3 is 0.983 bits per heavy atom. The van der Waals surface area contributed by atoms with Gasteiger partial charge in [0.2, 0.25) is 0 Å². The average molecular weight is 1650 g/mol. The molecule has 5 aromatic carbocycles. The first-order chi connectivity index (χ1) is 74.4. The number of rotatable bonds is 20. The summed E-state index contributed by atoms with van der Waals surface area (Å²) in [5.74, 6) is -16.6. The van der Waals surface area contributed by atoms with Gasteiger partial charge in [0.1, 0.15) is 0 Å². The number of hydrogen-bond donors (Lipinski definition) is 5. The smallest absolute Gasteiger partial charge is 0.161 e. The van der Waals surface area contributed by atoms with Crippen molar-refractivity contribution in [1.82, 2.24) is 24.5 Å². The van der Waals surface area contributed by atoms with Gasteiger partial charge in [-0.15, -0.1) is 0 Å². The van der Waals surface area contributed by atoms with Gasteiger partial charge in [-0.25, -0.2) is 0 Å². The molecule has 10 aliphatic rings. The zero-order chi connectivity index (χ0) is 128. The molecular weight excluding hydrogens is 1450 g/mol. The standard InChI is InChI=1S/5C19H29NO3/c5*1-12(2)7-14-11-20-6-5-13-8-18(22-3)19(23-4)9-15(13)16(20)10-17(14)21/h5*8-9,12,14,16-17,21H,5-7,10-11H2,1-4H3/i1D3,4D3,5D2,6D2,7D2,10D2,12D,14D,17D;1D3,5D2,6D2,7D2,10D2,12D,14D,17D;4D3,5D2,6D2,10D2,14D,17D;4D3,11D2,16D;11D2,16D. The molecule has 10 heterocycles. The van der Waals surface area contributed by atoms with Gasteiger partial charge in [0, 0.05) is 146 Å². The molecular formula is C95H145N5O15. The van der Waals surface area contributed by atoms with Crippen molar-refractivity contribution in [3.63, 3.8) is 0 Å². The van der Waals surface area contributed by atoms with E-state index in [0.29, 0.717) is 85.0 Å².